The molecule has 1 aromatic carbocycles. The summed E-state index contributed by atoms with van der Waals surface area (Å²) in [5.41, 5.74) is 7.36. The van der Waals surface area contributed by atoms with E-state index in [1.165, 1.54) is 0 Å². The molecule has 0 spiro atoms. The maximum Gasteiger partial charge on any atom is 0.122 e. The summed E-state index contributed by atoms with van der Waals surface area (Å²) in [5, 5.41) is 0. The van der Waals surface area contributed by atoms with Gasteiger partial charge in [-0.1, -0.05) is 11.8 Å². The van der Waals surface area contributed by atoms with Crippen molar-refractivity contribution in [2.45, 2.75) is 13.8 Å². The lowest BCUT2D eigenvalue weighted by atomic mass is 10.1. The Labute approximate surface area is 103 Å². The molecule has 1 aromatic rings. The molecule has 92 valence electrons. The fourth-order valence-electron chi connectivity index (χ4n) is 1.40. The van der Waals surface area contributed by atoms with E-state index in [0.717, 1.165) is 23.5 Å². The second kappa shape index (κ2) is 7.72. The van der Waals surface area contributed by atoms with Crippen molar-refractivity contribution in [3.63, 3.8) is 0 Å². The minimum atomic E-state index is 0.381. The first-order valence-electron chi connectivity index (χ1n) is 5.78. The van der Waals surface area contributed by atoms with Gasteiger partial charge in [-0.15, -0.1) is 0 Å². The van der Waals surface area contributed by atoms with E-state index >= 15 is 0 Å². The lowest BCUT2D eigenvalue weighted by Crippen LogP contribution is -2.07. The number of ether oxygens (including phenoxy) is 2. The van der Waals surface area contributed by atoms with Crippen molar-refractivity contribution < 1.29 is 9.47 Å². The van der Waals surface area contributed by atoms with E-state index in [4.69, 9.17) is 15.2 Å². The molecule has 0 fully saturated rings. The molecule has 0 aliphatic rings. The third-order valence-electron chi connectivity index (χ3n) is 2.20. The van der Waals surface area contributed by atoms with Crippen LogP contribution in [-0.2, 0) is 4.74 Å². The number of hydrogen-bond donors (Lipinski definition) is 1. The zero-order chi connectivity index (χ0) is 12.5. The first-order chi connectivity index (χ1) is 8.27. The van der Waals surface area contributed by atoms with Crippen molar-refractivity contribution >= 4 is 0 Å². The van der Waals surface area contributed by atoms with Crippen molar-refractivity contribution in [1.82, 2.24) is 0 Å². The number of rotatable bonds is 5. The summed E-state index contributed by atoms with van der Waals surface area (Å²) in [7, 11) is 0. The number of aryl methyl sites for hydroxylation is 1. The fourth-order valence-corrected chi connectivity index (χ4v) is 1.40. The summed E-state index contributed by atoms with van der Waals surface area (Å²) in [6, 6.07) is 5.87. The van der Waals surface area contributed by atoms with Crippen LogP contribution in [-0.4, -0.2) is 26.4 Å². The van der Waals surface area contributed by atoms with E-state index in [-0.39, 0.29) is 0 Å². The quantitative estimate of drug-likeness (QED) is 0.622. The number of benzene rings is 1. The molecule has 0 saturated heterocycles. The molecule has 1 rings (SSSR count). The van der Waals surface area contributed by atoms with Gasteiger partial charge >= 0.3 is 0 Å². The molecule has 0 unspecified atom stereocenters. The van der Waals surface area contributed by atoms with E-state index in [2.05, 4.69) is 11.8 Å². The Morgan fingerprint density at radius 1 is 1.29 bits per heavy atom. The minimum absolute atomic E-state index is 0.381. The molecule has 0 radical (unpaired) electrons. The Morgan fingerprint density at radius 3 is 2.76 bits per heavy atom. The Bertz CT molecular complexity index is 404. The topological polar surface area (TPSA) is 44.5 Å². The molecule has 0 atom stereocenters. The maximum atomic E-state index is 5.60. The van der Waals surface area contributed by atoms with Gasteiger partial charge in [-0.25, -0.2) is 0 Å². The Kier molecular flexibility index (Phi) is 6.16. The van der Waals surface area contributed by atoms with Crippen molar-refractivity contribution in [2.24, 2.45) is 5.73 Å². The van der Waals surface area contributed by atoms with Gasteiger partial charge in [0.15, 0.2) is 0 Å². The SMILES string of the molecule is CCOCCOc1ccc(C#CCN)cc1C. The standard InChI is InChI=1S/C14H19NO2/c1-3-16-9-10-17-14-7-6-13(5-4-8-15)11-12(14)2/h6-7,11H,3,8-10,15H2,1-2H3. The Hall–Kier alpha value is -1.50. The molecule has 0 aliphatic carbocycles. The average Bonchev–Trinajstić information content (AvgIpc) is 2.34. The minimum Gasteiger partial charge on any atom is -0.491 e. The maximum absolute atomic E-state index is 5.60. The molecule has 0 bridgehead atoms. The molecular weight excluding hydrogens is 214 g/mol. The zero-order valence-corrected chi connectivity index (χ0v) is 10.5. The Morgan fingerprint density at radius 2 is 2.12 bits per heavy atom. The van der Waals surface area contributed by atoms with Crippen LogP contribution in [0.25, 0.3) is 0 Å². The Balaban J connectivity index is 2.57. The van der Waals surface area contributed by atoms with Gasteiger partial charge in [-0.05, 0) is 37.6 Å². The van der Waals surface area contributed by atoms with Crippen LogP contribution in [0.3, 0.4) is 0 Å². The highest BCUT2D eigenvalue weighted by molar-refractivity contribution is 5.43. The van der Waals surface area contributed by atoms with E-state index in [1.807, 2.05) is 32.0 Å². The lowest BCUT2D eigenvalue weighted by Gasteiger charge is -2.09. The van der Waals surface area contributed by atoms with Gasteiger partial charge in [-0.3, -0.25) is 0 Å². The predicted octanol–water partition coefficient (Wildman–Crippen LogP) is 1.72. The van der Waals surface area contributed by atoms with Gasteiger partial charge in [0.2, 0.25) is 0 Å². The third-order valence-corrected chi connectivity index (χ3v) is 2.20. The highest BCUT2D eigenvalue weighted by atomic mass is 16.5. The summed E-state index contributed by atoms with van der Waals surface area (Å²) in [5.74, 6) is 6.70. The van der Waals surface area contributed by atoms with Crippen molar-refractivity contribution in [3.05, 3.63) is 29.3 Å². The van der Waals surface area contributed by atoms with E-state index in [9.17, 15) is 0 Å². The van der Waals surface area contributed by atoms with Crippen molar-refractivity contribution in [2.75, 3.05) is 26.4 Å². The monoisotopic (exact) mass is 233 g/mol. The molecule has 0 saturated carbocycles. The van der Waals surface area contributed by atoms with E-state index in [1.54, 1.807) is 0 Å². The van der Waals surface area contributed by atoms with E-state index in [0.29, 0.717) is 19.8 Å². The van der Waals surface area contributed by atoms with Crippen LogP contribution in [0.2, 0.25) is 0 Å². The molecule has 3 heteroatoms. The van der Waals surface area contributed by atoms with Crippen LogP contribution in [0.15, 0.2) is 18.2 Å². The molecule has 0 aliphatic heterocycles. The van der Waals surface area contributed by atoms with Gasteiger partial charge in [-0.2, -0.15) is 0 Å². The van der Waals surface area contributed by atoms with Crippen LogP contribution in [0.4, 0.5) is 0 Å². The summed E-state index contributed by atoms with van der Waals surface area (Å²) in [6.45, 7) is 6.26. The van der Waals surface area contributed by atoms with Gasteiger partial charge in [0.1, 0.15) is 12.4 Å². The zero-order valence-electron chi connectivity index (χ0n) is 10.5. The van der Waals surface area contributed by atoms with Crippen LogP contribution in [0.1, 0.15) is 18.1 Å². The highest BCUT2D eigenvalue weighted by Crippen LogP contribution is 2.18. The van der Waals surface area contributed by atoms with Crippen LogP contribution < -0.4 is 10.5 Å². The van der Waals surface area contributed by atoms with Gasteiger partial charge < -0.3 is 15.2 Å². The first kappa shape index (κ1) is 13.6. The fraction of sp³-hybridized carbons (Fsp3) is 0.429. The molecule has 2 N–H and O–H groups in total. The smallest absolute Gasteiger partial charge is 0.122 e. The van der Waals surface area contributed by atoms with Gasteiger partial charge in [0, 0.05) is 12.2 Å². The van der Waals surface area contributed by atoms with E-state index < -0.39 is 0 Å². The van der Waals surface area contributed by atoms with Crippen LogP contribution in [0.5, 0.6) is 5.75 Å². The first-order valence-corrected chi connectivity index (χ1v) is 5.78. The summed E-state index contributed by atoms with van der Waals surface area (Å²) < 4.78 is 10.8. The summed E-state index contributed by atoms with van der Waals surface area (Å²) >= 11 is 0. The highest BCUT2D eigenvalue weighted by Gasteiger charge is 1.99. The molecule has 0 heterocycles. The summed E-state index contributed by atoms with van der Waals surface area (Å²) in [6.07, 6.45) is 0. The molecule has 0 aromatic heterocycles. The normalized spacial score (nSPS) is 9.59. The van der Waals surface area contributed by atoms with Crippen LogP contribution >= 0.6 is 0 Å². The largest absolute Gasteiger partial charge is 0.491 e. The lowest BCUT2D eigenvalue weighted by molar-refractivity contribution is 0.110. The summed E-state index contributed by atoms with van der Waals surface area (Å²) in [4.78, 5) is 0. The second-order valence-corrected chi connectivity index (χ2v) is 3.53. The average molecular weight is 233 g/mol. The predicted molar refractivity (Wildman–Crippen MR) is 69.1 cm³/mol. The molecule has 0 amide bonds. The van der Waals surface area contributed by atoms with Crippen molar-refractivity contribution in [1.29, 1.82) is 0 Å². The number of hydrogen-bond acceptors (Lipinski definition) is 3. The van der Waals surface area contributed by atoms with Gasteiger partial charge in [0.05, 0.1) is 13.2 Å². The molecule has 3 nitrogen and oxygen atoms in total. The van der Waals surface area contributed by atoms with Crippen LogP contribution in [0, 0.1) is 18.8 Å². The molecule has 17 heavy (non-hydrogen) atoms. The van der Waals surface area contributed by atoms with Gasteiger partial charge in [0.25, 0.3) is 0 Å². The van der Waals surface area contributed by atoms with Crippen molar-refractivity contribution in [3.8, 4) is 17.6 Å². The molecular formula is C14H19NO2. The number of nitrogens with two attached hydrogens (primary N) is 1. The second-order valence-electron chi connectivity index (χ2n) is 3.53. The third kappa shape index (κ3) is 4.90.